The predicted molar refractivity (Wildman–Crippen MR) is 89.5 cm³/mol. The normalized spacial score (nSPS) is 20.7. The first-order valence-corrected chi connectivity index (χ1v) is 8.72. The van der Waals surface area contributed by atoms with Crippen molar-refractivity contribution in [2.75, 3.05) is 13.1 Å². The molecule has 1 aliphatic heterocycles. The van der Waals surface area contributed by atoms with Crippen LogP contribution in [0, 0.1) is 5.92 Å². The fraction of sp³-hybridized carbons (Fsp3) is 0.353. The first-order chi connectivity index (χ1) is 10.7. The molecule has 0 spiro atoms. The van der Waals surface area contributed by atoms with E-state index in [1.165, 1.54) is 5.56 Å². The topological polar surface area (TPSA) is 40.5 Å². The minimum Gasteiger partial charge on any atom is -0.481 e. The Labute approximate surface area is 139 Å². The van der Waals surface area contributed by atoms with Crippen LogP contribution in [0.25, 0.3) is 0 Å². The lowest BCUT2D eigenvalue weighted by Crippen LogP contribution is -2.41. The first-order valence-electron chi connectivity index (χ1n) is 7.40. The third kappa shape index (κ3) is 3.19. The molecule has 0 bridgehead atoms. The van der Waals surface area contributed by atoms with Gasteiger partial charge < -0.3 is 5.11 Å². The van der Waals surface area contributed by atoms with E-state index in [4.69, 9.17) is 11.6 Å². The van der Waals surface area contributed by atoms with Gasteiger partial charge in [-0.3, -0.25) is 9.69 Å². The standard InChI is InChI=1S/C17H18ClNO2S/c18-15-6-2-1-5-14(15)16(13-7-9-22-11-13)19-8-3-4-12(10-19)17(20)21/h1-2,5-7,9,11-12,16H,3-4,8,10H2,(H,20,21). The number of hydrogen-bond acceptors (Lipinski definition) is 3. The molecule has 3 nitrogen and oxygen atoms in total. The molecule has 1 fully saturated rings. The summed E-state index contributed by atoms with van der Waals surface area (Å²) in [5.74, 6) is -0.995. The van der Waals surface area contributed by atoms with Crippen LogP contribution in [-0.4, -0.2) is 29.1 Å². The molecule has 22 heavy (non-hydrogen) atoms. The molecule has 2 heterocycles. The summed E-state index contributed by atoms with van der Waals surface area (Å²) in [6, 6.07) is 9.97. The maximum absolute atomic E-state index is 11.4. The number of halogens is 1. The molecule has 3 rings (SSSR count). The maximum Gasteiger partial charge on any atom is 0.307 e. The number of carbonyl (C=O) groups is 1. The molecular weight excluding hydrogens is 318 g/mol. The van der Waals surface area contributed by atoms with E-state index in [0.717, 1.165) is 30.0 Å². The van der Waals surface area contributed by atoms with E-state index in [0.29, 0.717) is 6.54 Å². The van der Waals surface area contributed by atoms with Gasteiger partial charge in [0, 0.05) is 11.6 Å². The van der Waals surface area contributed by atoms with Crippen LogP contribution in [0.1, 0.15) is 30.0 Å². The van der Waals surface area contributed by atoms with Crippen molar-refractivity contribution in [3.8, 4) is 0 Å². The number of piperidine rings is 1. The highest BCUT2D eigenvalue weighted by Gasteiger charge is 2.32. The Morgan fingerprint density at radius 3 is 2.86 bits per heavy atom. The summed E-state index contributed by atoms with van der Waals surface area (Å²) in [4.78, 5) is 13.6. The third-order valence-electron chi connectivity index (χ3n) is 4.23. The molecule has 0 aliphatic carbocycles. The van der Waals surface area contributed by atoms with Crippen LogP contribution < -0.4 is 0 Å². The monoisotopic (exact) mass is 335 g/mol. The van der Waals surface area contributed by atoms with Gasteiger partial charge in [-0.2, -0.15) is 11.3 Å². The van der Waals surface area contributed by atoms with Crippen LogP contribution in [0.15, 0.2) is 41.1 Å². The van der Waals surface area contributed by atoms with Gasteiger partial charge in [-0.05, 0) is 53.4 Å². The summed E-state index contributed by atoms with van der Waals surface area (Å²) in [5, 5.41) is 14.3. The van der Waals surface area contributed by atoms with Crippen LogP contribution in [0.3, 0.4) is 0 Å². The first kappa shape index (κ1) is 15.5. The summed E-state index contributed by atoms with van der Waals surface area (Å²) >= 11 is 8.07. The van der Waals surface area contributed by atoms with Crippen LogP contribution >= 0.6 is 22.9 Å². The fourth-order valence-corrected chi connectivity index (χ4v) is 4.07. The molecule has 5 heteroatoms. The van der Waals surface area contributed by atoms with Gasteiger partial charge in [0.25, 0.3) is 0 Å². The van der Waals surface area contributed by atoms with Gasteiger partial charge in [0.15, 0.2) is 0 Å². The molecule has 1 aromatic heterocycles. The smallest absolute Gasteiger partial charge is 0.307 e. The highest BCUT2D eigenvalue weighted by molar-refractivity contribution is 7.08. The Balaban J connectivity index is 1.96. The van der Waals surface area contributed by atoms with Crippen molar-refractivity contribution in [2.45, 2.75) is 18.9 Å². The average Bonchev–Trinajstić information content (AvgIpc) is 3.04. The van der Waals surface area contributed by atoms with Crippen molar-refractivity contribution >= 4 is 28.9 Å². The molecule has 1 N–H and O–H groups in total. The molecule has 1 aliphatic rings. The zero-order chi connectivity index (χ0) is 15.5. The quantitative estimate of drug-likeness (QED) is 0.906. The van der Waals surface area contributed by atoms with Gasteiger partial charge in [-0.25, -0.2) is 0 Å². The number of benzene rings is 1. The van der Waals surface area contributed by atoms with Gasteiger partial charge in [-0.15, -0.1) is 0 Å². The Morgan fingerprint density at radius 1 is 1.36 bits per heavy atom. The zero-order valence-electron chi connectivity index (χ0n) is 12.1. The summed E-state index contributed by atoms with van der Waals surface area (Å²) in [6.45, 7) is 1.47. The number of carboxylic acids is 1. The Hall–Kier alpha value is -1.36. The summed E-state index contributed by atoms with van der Waals surface area (Å²) in [6.07, 6.45) is 1.66. The van der Waals surface area contributed by atoms with Crippen molar-refractivity contribution in [3.05, 3.63) is 57.2 Å². The van der Waals surface area contributed by atoms with E-state index >= 15 is 0 Å². The largest absolute Gasteiger partial charge is 0.481 e. The molecule has 1 saturated heterocycles. The van der Waals surface area contributed by atoms with Crippen molar-refractivity contribution in [3.63, 3.8) is 0 Å². The third-order valence-corrected chi connectivity index (χ3v) is 5.27. The Kier molecular flexibility index (Phi) is 4.81. The van der Waals surface area contributed by atoms with Crippen molar-refractivity contribution in [1.82, 2.24) is 4.90 Å². The van der Waals surface area contributed by atoms with E-state index in [-0.39, 0.29) is 12.0 Å². The van der Waals surface area contributed by atoms with Crippen molar-refractivity contribution < 1.29 is 9.90 Å². The van der Waals surface area contributed by atoms with Crippen LogP contribution in [0.2, 0.25) is 5.02 Å². The second kappa shape index (κ2) is 6.82. The Morgan fingerprint density at radius 2 is 2.18 bits per heavy atom. The highest BCUT2D eigenvalue weighted by atomic mass is 35.5. The number of hydrogen-bond donors (Lipinski definition) is 1. The van der Waals surface area contributed by atoms with Gasteiger partial charge in [0.1, 0.15) is 0 Å². The van der Waals surface area contributed by atoms with E-state index in [1.807, 2.05) is 24.3 Å². The molecule has 116 valence electrons. The lowest BCUT2D eigenvalue weighted by atomic mass is 9.92. The second-order valence-corrected chi connectivity index (χ2v) is 6.84. The van der Waals surface area contributed by atoms with Gasteiger partial charge >= 0.3 is 5.97 Å². The molecular formula is C17H18ClNO2S. The van der Waals surface area contributed by atoms with Gasteiger partial charge in [0.05, 0.1) is 12.0 Å². The minimum atomic E-state index is -0.701. The van der Waals surface area contributed by atoms with Gasteiger partial charge in [-0.1, -0.05) is 29.8 Å². The summed E-state index contributed by atoms with van der Waals surface area (Å²) in [7, 11) is 0. The van der Waals surface area contributed by atoms with E-state index in [2.05, 4.69) is 21.7 Å². The minimum absolute atomic E-state index is 0.0297. The number of carboxylic acid groups (broad SMARTS) is 1. The van der Waals surface area contributed by atoms with Crippen LogP contribution in [0.5, 0.6) is 0 Å². The predicted octanol–water partition coefficient (Wildman–Crippen LogP) is 4.29. The number of nitrogens with zero attached hydrogens (tertiary/aromatic N) is 1. The number of thiophene rings is 1. The molecule has 1 aromatic carbocycles. The Bertz CT molecular complexity index is 644. The van der Waals surface area contributed by atoms with Crippen LogP contribution in [-0.2, 0) is 4.79 Å². The molecule has 0 radical (unpaired) electrons. The van der Waals surface area contributed by atoms with Crippen LogP contribution in [0.4, 0.5) is 0 Å². The molecule has 0 amide bonds. The second-order valence-electron chi connectivity index (χ2n) is 5.65. The number of likely N-dealkylation sites (tertiary alicyclic amines) is 1. The summed E-state index contributed by atoms with van der Waals surface area (Å²) in [5.41, 5.74) is 2.23. The van der Waals surface area contributed by atoms with E-state index < -0.39 is 5.97 Å². The maximum atomic E-state index is 11.4. The average molecular weight is 336 g/mol. The molecule has 0 saturated carbocycles. The van der Waals surface area contributed by atoms with E-state index in [1.54, 1.807) is 11.3 Å². The lowest BCUT2D eigenvalue weighted by Gasteiger charge is -2.37. The zero-order valence-corrected chi connectivity index (χ0v) is 13.7. The fourth-order valence-electron chi connectivity index (χ4n) is 3.16. The number of rotatable bonds is 4. The van der Waals surface area contributed by atoms with E-state index in [9.17, 15) is 9.90 Å². The lowest BCUT2D eigenvalue weighted by molar-refractivity contribution is -0.143. The number of aliphatic carboxylic acids is 1. The van der Waals surface area contributed by atoms with Gasteiger partial charge in [0.2, 0.25) is 0 Å². The van der Waals surface area contributed by atoms with Crippen molar-refractivity contribution in [1.29, 1.82) is 0 Å². The molecule has 2 aromatic rings. The van der Waals surface area contributed by atoms with Crippen molar-refractivity contribution in [2.24, 2.45) is 5.92 Å². The molecule has 2 atom stereocenters. The SMILES string of the molecule is O=C(O)C1CCCN(C(c2ccsc2)c2ccccc2Cl)C1. The summed E-state index contributed by atoms with van der Waals surface area (Å²) < 4.78 is 0. The molecule has 2 unspecified atom stereocenters. The highest BCUT2D eigenvalue weighted by Crippen LogP contribution is 2.36.